The van der Waals surface area contributed by atoms with E-state index in [1.165, 1.54) is 15.4 Å². The highest BCUT2D eigenvalue weighted by Crippen LogP contribution is 2.10. The van der Waals surface area contributed by atoms with Gasteiger partial charge in [-0.2, -0.15) is 0 Å². The normalized spacial score (nSPS) is 15.5. The minimum atomic E-state index is -0.597. The van der Waals surface area contributed by atoms with E-state index in [-0.39, 0.29) is 12.3 Å². The molecule has 0 atom stereocenters. The molecule has 1 aromatic rings. The van der Waals surface area contributed by atoms with Gasteiger partial charge in [-0.25, -0.2) is 0 Å². The zero-order valence-corrected chi connectivity index (χ0v) is 12.5. The zero-order chi connectivity index (χ0) is 15.4. The van der Waals surface area contributed by atoms with Gasteiger partial charge in [-0.15, -0.1) is 0 Å². The molecule has 1 aliphatic rings. The third kappa shape index (κ3) is 3.48. The number of piperazine rings is 1. The van der Waals surface area contributed by atoms with Gasteiger partial charge in [-0.3, -0.25) is 14.4 Å². The molecule has 5 nitrogen and oxygen atoms in total. The third-order valence-electron chi connectivity index (χ3n) is 3.67. The van der Waals surface area contributed by atoms with Crippen molar-refractivity contribution in [2.24, 2.45) is 0 Å². The molecule has 0 radical (unpaired) electrons. The van der Waals surface area contributed by atoms with Crippen LogP contribution in [-0.2, 0) is 16.0 Å². The number of carbonyl (C=O) groups is 3. The van der Waals surface area contributed by atoms with Crippen LogP contribution in [0.15, 0.2) is 24.3 Å². The molecule has 1 aliphatic heterocycles. The summed E-state index contributed by atoms with van der Waals surface area (Å²) in [6.07, 6.45) is 2.05. The van der Waals surface area contributed by atoms with Crippen LogP contribution >= 0.6 is 0 Å². The minimum Gasteiger partial charge on any atom is -0.336 e. The number of carbonyl (C=O) groups excluding carboxylic acids is 3. The summed E-state index contributed by atoms with van der Waals surface area (Å²) in [6, 6.07) is 7.45. The third-order valence-corrected chi connectivity index (χ3v) is 3.67. The van der Waals surface area contributed by atoms with Gasteiger partial charge in [0.1, 0.15) is 0 Å². The summed E-state index contributed by atoms with van der Waals surface area (Å²) in [6.45, 7) is 2.94. The fourth-order valence-corrected chi connectivity index (χ4v) is 2.33. The highest BCUT2D eigenvalue weighted by Gasteiger charge is 2.31. The van der Waals surface area contributed by atoms with Gasteiger partial charge in [0, 0.05) is 25.7 Å². The lowest BCUT2D eigenvalue weighted by atomic mass is 10.0. The van der Waals surface area contributed by atoms with Crippen molar-refractivity contribution in [1.29, 1.82) is 0 Å². The summed E-state index contributed by atoms with van der Waals surface area (Å²) in [5.74, 6) is -1.28. The van der Waals surface area contributed by atoms with Gasteiger partial charge in [-0.05, 0) is 12.0 Å². The topological polar surface area (TPSA) is 57.7 Å². The van der Waals surface area contributed by atoms with E-state index in [9.17, 15) is 14.4 Å². The van der Waals surface area contributed by atoms with Crippen LogP contribution in [0.1, 0.15) is 29.3 Å². The van der Waals surface area contributed by atoms with Crippen molar-refractivity contribution < 1.29 is 14.4 Å². The first-order valence-corrected chi connectivity index (χ1v) is 7.19. The molecule has 1 fully saturated rings. The Morgan fingerprint density at radius 3 is 2.38 bits per heavy atom. The van der Waals surface area contributed by atoms with Gasteiger partial charge >= 0.3 is 11.8 Å². The Hall–Kier alpha value is -2.17. The van der Waals surface area contributed by atoms with Crippen molar-refractivity contribution in [3.05, 3.63) is 35.4 Å². The number of Topliss-reactive ketones (excluding diaryl/α,β-unsaturated/α-hetero) is 1. The first-order valence-electron chi connectivity index (χ1n) is 7.19. The lowest BCUT2D eigenvalue weighted by Gasteiger charge is -2.30. The molecule has 0 unspecified atom stereocenters. The molecule has 1 aromatic carbocycles. The maximum Gasteiger partial charge on any atom is 0.312 e. The number of benzene rings is 1. The summed E-state index contributed by atoms with van der Waals surface area (Å²) in [7, 11) is 1.59. The van der Waals surface area contributed by atoms with Crippen LogP contribution < -0.4 is 0 Å². The molecule has 112 valence electrons. The van der Waals surface area contributed by atoms with Crippen LogP contribution in [-0.4, -0.2) is 54.1 Å². The number of aryl methyl sites for hydroxylation is 1. The molecule has 0 N–H and O–H groups in total. The Bertz CT molecular complexity index is 551. The largest absolute Gasteiger partial charge is 0.336 e. The Morgan fingerprint density at radius 1 is 1.10 bits per heavy atom. The number of rotatable bonds is 5. The van der Waals surface area contributed by atoms with Gasteiger partial charge in [0.05, 0.1) is 6.54 Å². The van der Waals surface area contributed by atoms with Crippen LogP contribution in [0.4, 0.5) is 0 Å². The Labute approximate surface area is 124 Å². The second-order valence-corrected chi connectivity index (χ2v) is 5.32. The minimum absolute atomic E-state index is 0.0362. The van der Waals surface area contributed by atoms with Crippen LogP contribution in [0.5, 0.6) is 0 Å². The molecular weight excluding hydrogens is 268 g/mol. The van der Waals surface area contributed by atoms with E-state index >= 15 is 0 Å². The van der Waals surface area contributed by atoms with Crippen LogP contribution in [0.3, 0.4) is 0 Å². The van der Waals surface area contributed by atoms with Gasteiger partial charge in [0.25, 0.3) is 0 Å². The van der Waals surface area contributed by atoms with Crippen LogP contribution in [0.25, 0.3) is 0 Å². The molecule has 0 spiro atoms. The fraction of sp³-hybridized carbons (Fsp3) is 0.438. The van der Waals surface area contributed by atoms with Crippen molar-refractivity contribution in [3.8, 4) is 0 Å². The van der Waals surface area contributed by atoms with Crippen molar-refractivity contribution in [2.75, 3.05) is 26.7 Å². The van der Waals surface area contributed by atoms with Gasteiger partial charge < -0.3 is 9.80 Å². The molecule has 0 aliphatic carbocycles. The zero-order valence-electron chi connectivity index (χ0n) is 12.5. The van der Waals surface area contributed by atoms with Crippen LogP contribution in [0, 0.1) is 0 Å². The molecule has 21 heavy (non-hydrogen) atoms. The molecule has 5 heteroatoms. The second kappa shape index (κ2) is 6.52. The Kier molecular flexibility index (Phi) is 4.73. The molecule has 2 amide bonds. The molecule has 2 rings (SSSR count). The first-order chi connectivity index (χ1) is 10.0. The van der Waals surface area contributed by atoms with Gasteiger partial charge in [0.15, 0.2) is 5.78 Å². The van der Waals surface area contributed by atoms with E-state index in [0.29, 0.717) is 18.7 Å². The fourth-order valence-electron chi connectivity index (χ4n) is 2.33. The number of likely N-dealkylation sites (N-methyl/N-ethyl adjacent to an activating group) is 1. The van der Waals surface area contributed by atoms with Crippen molar-refractivity contribution in [2.45, 2.75) is 19.8 Å². The summed E-state index contributed by atoms with van der Waals surface area (Å²) in [5, 5.41) is 0. The summed E-state index contributed by atoms with van der Waals surface area (Å²) < 4.78 is 0. The molecule has 0 aromatic heterocycles. The number of hydrogen-bond donors (Lipinski definition) is 0. The van der Waals surface area contributed by atoms with Crippen LogP contribution in [0.2, 0.25) is 0 Å². The van der Waals surface area contributed by atoms with E-state index in [1.807, 2.05) is 12.1 Å². The Morgan fingerprint density at radius 2 is 1.76 bits per heavy atom. The number of hydrogen-bond acceptors (Lipinski definition) is 3. The van der Waals surface area contributed by atoms with Gasteiger partial charge in [0.2, 0.25) is 0 Å². The quantitative estimate of drug-likeness (QED) is 0.602. The van der Waals surface area contributed by atoms with Crippen molar-refractivity contribution in [1.82, 2.24) is 9.80 Å². The molecule has 0 saturated carbocycles. The maximum atomic E-state index is 12.2. The molecule has 0 bridgehead atoms. The smallest absolute Gasteiger partial charge is 0.312 e. The number of nitrogens with zero attached hydrogens (tertiary/aromatic N) is 2. The predicted octanol–water partition coefficient (Wildman–Crippen LogP) is 1.12. The van der Waals surface area contributed by atoms with E-state index in [4.69, 9.17) is 0 Å². The summed E-state index contributed by atoms with van der Waals surface area (Å²) >= 11 is 0. The van der Waals surface area contributed by atoms with Crippen molar-refractivity contribution >= 4 is 17.6 Å². The number of amides is 2. The highest BCUT2D eigenvalue weighted by molar-refractivity contribution is 6.35. The predicted molar refractivity (Wildman–Crippen MR) is 79.0 cm³/mol. The van der Waals surface area contributed by atoms with E-state index in [1.54, 1.807) is 19.2 Å². The van der Waals surface area contributed by atoms with Crippen molar-refractivity contribution in [3.63, 3.8) is 0 Å². The molecule has 1 heterocycles. The van der Waals surface area contributed by atoms with E-state index in [2.05, 4.69) is 6.92 Å². The second-order valence-electron chi connectivity index (χ2n) is 5.32. The summed E-state index contributed by atoms with van der Waals surface area (Å²) in [4.78, 5) is 38.3. The van der Waals surface area contributed by atoms with E-state index < -0.39 is 11.8 Å². The lowest BCUT2D eigenvalue weighted by molar-refractivity contribution is -0.154. The van der Waals surface area contributed by atoms with E-state index in [0.717, 1.165) is 12.8 Å². The molecule has 1 saturated heterocycles. The first kappa shape index (κ1) is 15.2. The highest BCUT2D eigenvalue weighted by atomic mass is 16.2. The molecular formula is C16H20N2O3. The SMILES string of the molecule is CCCc1ccc(C(=O)CN2CCN(C)C(=O)C2=O)cc1. The average Bonchev–Trinajstić information content (AvgIpc) is 2.49. The Balaban J connectivity index is 2.01. The summed E-state index contributed by atoms with van der Waals surface area (Å²) in [5.41, 5.74) is 1.77. The average molecular weight is 288 g/mol. The maximum absolute atomic E-state index is 12.2. The standard InChI is InChI=1S/C16H20N2O3/c1-3-4-12-5-7-13(8-6-12)14(19)11-18-10-9-17(2)15(20)16(18)21/h5-8H,3-4,9-11H2,1-2H3. The lowest BCUT2D eigenvalue weighted by Crippen LogP contribution is -2.53. The number of ketones is 1. The monoisotopic (exact) mass is 288 g/mol. The van der Waals surface area contributed by atoms with Gasteiger partial charge in [-0.1, -0.05) is 37.6 Å².